The van der Waals surface area contributed by atoms with Gasteiger partial charge < -0.3 is 5.32 Å². The highest BCUT2D eigenvalue weighted by molar-refractivity contribution is 8.05. The average Bonchev–Trinajstić information content (AvgIpc) is 3.17. The van der Waals surface area contributed by atoms with Crippen molar-refractivity contribution in [2.45, 2.75) is 25.0 Å². The number of carbonyl (C=O) groups is 2. The predicted octanol–water partition coefficient (Wildman–Crippen LogP) is 4.78. The molecule has 0 spiro atoms. The molecule has 34 heavy (non-hydrogen) atoms. The fraction of sp³-hybridized carbons (Fsp3) is 0.179. The van der Waals surface area contributed by atoms with Gasteiger partial charge in [0.15, 0.2) is 0 Å². The quantitative estimate of drug-likeness (QED) is 0.401. The molecule has 0 radical (unpaired) electrons. The van der Waals surface area contributed by atoms with Gasteiger partial charge in [-0.2, -0.15) is 5.26 Å². The van der Waals surface area contributed by atoms with E-state index in [9.17, 15) is 14.9 Å². The van der Waals surface area contributed by atoms with E-state index in [1.165, 1.54) is 16.7 Å². The summed E-state index contributed by atoms with van der Waals surface area (Å²) < 4.78 is 0. The fourth-order valence-corrected chi connectivity index (χ4v) is 5.11. The van der Waals surface area contributed by atoms with Gasteiger partial charge in [0.05, 0.1) is 5.25 Å². The van der Waals surface area contributed by atoms with Crippen LogP contribution in [0.3, 0.4) is 0 Å². The molecule has 1 heterocycles. The van der Waals surface area contributed by atoms with Crippen LogP contribution in [-0.2, 0) is 22.4 Å². The summed E-state index contributed by atoms with van der Waals surface area (Å²) in [4.78, 5) is 28.0. The SMILES string of the molecule is Cc1ccc(N2C(=O)[C@H](Cc3ccccc3)S/C2=C(\C#N)C(=O)NCCc2ccccc2)cc1. The molecule has 1 saturated heterocycles. The summed E-state index contributed by atoms with van der Waals surface area (Å²) in [7, 11) is 0. The van der Waals surface area contributed by atoms with Gasteiger partial charge >= 0.3 is 0 Å². The molecule has 3 aromatic rings. The van der Waals surface area contributed by atoms with E-state index in [0.29, 0.717) is 30.1 Å². The van der Waals surface area contributed by atoms with Gasteiger partial charge in [0, 0.05) is 12.2 Å². The maximum Gasteiger partial charge on any atom is 0.264 e. The summed E-state index contributed by atoms with van der Waals surface area (Å²) >= 11 is 1.28. The number of benzene rings is 3. The lowest BCUT2D eigenvalue weighted by molar-refractivity contribution is -0.117. The molecule has 4 rings (SSSR count). The largest absolute Gasteiger partial charge is 0.351 e. The smallest absolute Gasteiger partial charge is 0.264 e. The van der Waals surface area contributed by atoms with Crippen molar-refractivity contribution < 1.29 is 9.59 Å². The Morgan fingerprint density at radius 3 is 2.21 bits per heavy atom. The Bertz CT molecular complexity index is 1230. The number of nitriles is 1. The molecule has 5 nitrogen and oxygen atoms in total. The Hall–Kier alpha value is -3.82. The molecule has 1 aliphatic rings. The Morgan fingerprint density at radius 1 is 0.971 bits per heavy atom. The summed E-state index contributed by atoms with van der Waals surface area (Å²) in [5, 5.41) is 12.7. The van der Waals surface area contributed by atoms with Gasteiger partial charge in [0.2, 0.25) is 5.91 Å². The minimum Gasteiger partial charge on any atom is -0.351 e. The minimum absolute atomic E-state index is 0.0393. The van der Waals surface area contributed by atoms with Gasteiger partial charge in [0.25, 0.3) is 5.91 Å². The number of rotatable bonds is 7. The van der Waals surface area contributed by atoms with Crippen LogP contribution in [0.2, 0.25) is 0 Å². The van der Waals surface area contributed by atoms with Crippen LogP contribution in [0.4, 0.5) is 5.69 Å². The third kappa shape index (κ3) is 5.38. The maximum atomic E-state index is 13.5. The van der Waals surface area contributed by atoms with E-state index in [-0.39, 0.29) is 11.5 Å². The van der Waals surface area contributed by atoms with Crippen molar-refractivity contribution in [2.24, 2.45) is 0 Å². The molecular formula is C28H25N3O2S. The second-order valence-electron chi connectivity index (χ2n) is 8.09. The van der Waals surface area contributed by atoms with Crippen LogP contribution in [0.25, 0.3) is 0 Å². The van der Waals surface area contributed by atoms with Crippen LogP contribution in [-0.4, -0.2) is 23.6 Å². The number of hydrogen-bond acceptors (Lipinski definition) is 4. The van der Waals surface area contributed by atoms with Gasteiger partial charge in [-0.05, 0) is 43.0 Å². The van der Waals surface area contributed by atoms with Crippen molar-refractivity contribution in [3.8, 4) is 6.07 Å². The van der Waals surface area contributed by atoms with Crippen LogP contribution < -0.4 is 10.2 Å². The highest BCUT2D eigenvalue weighted by Gasteiger charge is 2.40. The monoisotopic (exact) mass is 467 g/mol. The Labute approximate surface area is 204 Å². The van der Waals surface area contributed by atoms with Crippen molar-refractivity contribution in [1.82, 2.24) is 5.32 Å². The zero-order chi connectivity index (χ0) is 23.9. The lowest BCUT2D eigenvalue weighted by Gasteiger charge is -2.19. The Kier molecular flexibility index (Phi) is 7.46. The molecule has 170 valence electrons. The molecule has 6 heteroatoms. The second kappa shape index (κ2) is 10.9. The Morgan fingerprint density at radius 2 is 1.59 bits per heavy atom. The van der Waals surface area contributed by atoms with Gasteiger partial charge in [-0.25, -0.2) is 0 Å². The van der Waals surface area contributed by atoms with Crippen LogP contribution in [0, 0.1) is 18.3 Å². The number of amides is 2. The van der Waals surface area contributed by atoms with E-state index in [1.807, 2.05) is 91.9 Å². The Balaban J connectivity index is 1.61. The number of aryl methyl sites for hydroxylation is 1. The number of hydrogen-bond donors (Lipinski definition) is 1. The van der Waals surface area contributed by atoms with Crippen molar-refractivity contribution in [3.63, 3.8) is 0 Å². The van der Waals surface area contributed by atoms with Gasteiger partial charge in [-0.3, -0.25) is 14.5 Å². The standard InChI is InChI=1S/C28H25N3O2S/c1-20-12-14-23(15-13-20)31-27(33)25(18-22-10-6-3-7-11-22)34-28(31)24(19-29)26(32)30-17-16-21-8-4-2-5-9-21/h2-15,25H,16-18H2,1H3,(H,30,32)/b28-24+/t25-/m0/s1. The highest BCUT2D eigenvalue weighted by Crippen LogP contribution is 2.41. The average molecular weight is 468 g/mol. The first kappa shape index (κ1) is 23.3. The summed E-state index contributed by atoms with van der Waals surface area (Å²) in [5.74, 6) is -0.594. The van der Waals surface area contributed by atoms with Gasteiger partial charge in [0.1, 0.15) is 16.7 Å². The molecule has 0 unspecified atom stereocenters. The van der Waals surface area contributed by atoms with Gasteiger partial charge in [-0.1, -0.05) is 90.1 Å². The molecule has 1 atom stereocenters. The van der Waals surface area contributed by atoms with E-state index < -0.39 is 11.2 Å². The number of nitrogens with zero attached hydrogens (tertiary/aromatic N) is 2. The molecule has 0 bridgehead atoms. The lowest BCUT2D eigenvalue weighted by Crippen LogP contribution is -2.32. The van der Waals surface area contributed by atoms with E-state index in [0.717, 1.165) is 16.7 Å². The summed E-state index contributed by atoms with van der Waals surface area (Å²) in [5.41, 5.74) is 3.81. The topological polar surface area (TPSA) is 73.2 Å². The summed E-state index contributed by atoms with van der Waals surface area (Å²) in [6.45, 7) is 2.37. The van der Waals surface area contributed by atoms with E-state index in [2.05, 4.69) is 11.4 Å². The van der Waals surface area contributed by atoms with Crippen molar-refractivity contribution in [2.75, 3.05) is 11.4 Å². The van der Waals surface area contributed by atoms with E-state index in [1.54, 1.807) is 0 Å². The molecule has 2 amide bonds. The third-order valence-electron chi connectivity index (χ3n) is 5.60. The van der Waals surface area contributed by atoms with Crippen molar-refractivity contribution in [3.05, 3.63) is 112 Å². The van der Waals surface area contributed by atoms with Crippen LogP contribution in [0.15, 0.2) is 95.5 Å². The summed E-state index contributed by atoms with van der Waals surface area (Å²) in [6.07, 6.45) is 1.18. The maximum absolute atomic E-state index is 13.5. The first-order chi connectivity index (χ1) is 16.6. The number of carbonyl (C=O) groups excluding carboxylic acids is 2. The highest BCUT2D eigenvalue weighted by atomic mass is 32.2. The minimum atomic E-state index is -0.466. The van der Waals surface area contributed by atoms with E-state index in [4.69, 9.17) is 0 Å². The molecule has 0 aromatic heterocycles. The number of thioether (sulfide) groups is 1. The predicted molar refractivity (Wildman–Crippen MR) is 136 cm³/mol. The molecule has 0 aliphatic carbocycles. The fourth-order valence-electron chi connectivity index (χ4n) is 3.80. The molecule has 3 aromatic carbocycles. The normalized spacial score (nSPS) is 16.8. The third-order valence-corrected chi connectivity index (χ3v) is 6.87. The van der Waals surface area contributed by atoms with E-state index >= 15 is 0 Å². The zero-order valence-corrected chi connectivity index (χ0v) is 19.7. The lowest BCUT2D eigenvalue weighted by atomic mass is 10.1. The van der Waals surface area contributed by atoms with Crippen LogP contribution in [0.5, 0.6) is 0 Å². The zero-order valence-electron chi connectivity index (χ0n) is 18.9. The molecule has 1 fully saturated rings. The number of nitrogens with one attached hydrogen (secondary N) is 1. The van der Waals surface area contributed by atoms with Crippen molar-refractivity contribution >= 4 is 29.3 Å². The van der Waals surface area contributed by atoms with Gasteiger partial charge in [-0.15, -0.1) is 0 Å². The first-order valence-corrected chi connectivity index (χ1v) is 12.0. The van der Waals surface area contributed by atoms with Crippen LogP contribution in [0.1, 0.15) is 16.7 Å². The number of anilines is 1. The molecular weight excluding hydrogens is 442 g/mol. The molecule has 1 aliphatic heterocycles. The molecule has 1 N–H and O–H groups in total. The molecule has 0 saturated carbocycles. The van der Waals surface area contributed by atoms with Crippen LogP contribution >= 0.6 is 11.8 Å². The first-order valence-electron chi connectivity index (χ1n) is 11.1. The second-order valence-corrected chi connectivity index (χ2v) is 9.28. The summed E-state index contributed by atoms with van der Waals surface area (Å²) in [6, 6.07) is 29.2. The van der Waals surface area contributed by atoms with Crippen molar-refractivity contribution in [1.29, 1.82) is 5.26 Å².